The lowest BCUT2D eigenvalue weighted by molar-refractivity contribution is 0.102. The van der Waals surface area contributed by atoms with Crippen LogP contribution in [0.25, 0.3) is 10.7 Å². The Bertz CT molecular complexity index is 847. The highest BCUT2D eigenvalue weighted by Gasteiger charge is 2.15. The van der Waals surface area contributed by atoms with Crippen LogP contribution in [0, 0.1) is 0 Å². The summed E-state index contributed by atoms with van der Waals surface area (Å²) in [4.78, 5) is 13.3. The highest BCUT2D eigenvalue weighted by atomic mass is 35.5. The minimum atomic E-state index is -0.0719. The van der Waals surface area contributed by atoms with E-state index in [-0.39, 0.29) is 11.5 Å². The van der Waals surface area contributed by atoms with Crippen molar-refractivity contribution in [3.63, 3.8) is 0 Å². The van der Waals surface area contributed by atoms with Gasteiger partial charge in [0.2, 0.25) is 0 Å². The number of rotatable bonds is 5. The third-order valence-corrected chi connectivity index (χ3v) is 5.57. The van der Waals surface area contributed by atoms with E-state index in [0.29, 0.717) is 20.8 Å². The third kappa shape index (κ3) is 3.61. The van der Waals surface area contributed by atoms with E-state index in [2.05, 4.69) is 10.2 Å². The molecule has 0 bridgehead atoms. The number of hydrogen-bond donors (Lipinski definition) is 0. The quantitative estimate of drug-likeness (QED) is 0.467. The monoisotopic (exact) mass is 383 g/mol. The molecular formula is C15H11Cl2N3OS2. The van der Waals surface area contributed by atoms with E-state index >= 15 is 0 Å². The van der Waals surface area contributed by atoms with Crippen LogP contribution in [0.2, 0.25) is 10.0 Å². The zero-order chi connectivity index (χ0) is 16.4. The zero-order valence-electron chi connectivity index (χ0n) is 12.0. The van der Waals surface area contributed by atoms with Crippen LogP contribution in [0.15, 0.2) is 40.9 Å². The normalized spacial score (nSPS) is 10.9. The second-order valence-corrected chi connectivity index (χ2v) is 7.41. The summed E-state index contributed by atoms with van der Waals surface area (Å²) in [5, 5.41) is 11.9. The highest BCUT2D eigenvalue weighted by molar-refractivity contribution is 7.99. The summed E-state index contributed by atoms with van der Waals surface area (Å²) >= 11 is 14.8. The maximum absolute atomic E-state index is 12.3. The standard InChI is InChI=1S/C15H11Cl2N3OS2/c1-20-14(13-3-2-6-22-13)18-19-15(20)23-8-12(21)10-5-4-9(16)7-11(10)17/h2-7H,8H2,1H3. The van der Waals surface area contributed by atoms with Gasteiger partial charge in [0.15, 0.2) is 16.8 Å². The Morgan fingerprint density at radius 1 is 1.30 bits per heavy atom. The fourth-order valence-electron chi connectivity index (χ4n) is 1.98. The molecule has 2 aromatic heterocycles. The molecule has 1 aromatic carbocycles. The Morgan fingerprint density at radius 2 is 2.13 bits per heavy atom. The van der Waals surface area contributed by atoms with Crippen molar-refractivity contribution in [1.29, 1.82) is 0 Å². The molecule has 0 N–H and O–H groups in total. The van der Waals surface area contributed by atoms with Crippen LogP contribution in [0.5, 0.6) is 0 Å². The number of Topliss-reactive ketones (excluding diaryl/α,β-unsaturated/α-hetero) is 1. The number of thiophene rings is 1. The highest BCUT2D eigenvalue weighted by Crippen LogP contribution is 2.27. The lowest BCUT2D eigenvalue weighted by Gasteiger charge is -2.04. The number of benzene rings is 1. The first-order valence-corrected chi connectivity index (χ1v) is 9.22. The number of hydrogen-bond acceptors (Lipinski definition) is 5. The van der Waals surface area contributed by atoms with E-state index in [9.17, 15) is 4.79 Å². The Kier molecular flexibility index (Phi) is 5.06. The maximum atomic E-state index is 12.3. The molecule has 23 heavy (non-hydrogen) atoms. The van der Waals surface area contributed by atoms with Crippen molar-refractivity contribution in [3.05, 3.63) is 51.3 Å². The van der Waals surface area contributed by atoms with Crippen molar-refractivity contribution in [3.8, 4) is 10.7 Å². The molecule has 0 saturated carbocycles. The van der Waals surface area contributed by atoms with Crippen molar-refractivity contribution < 1.29 is 4.79 Å². The smallest absolute Gasteiger partial charge is 0.191 e. The SMILES string of the molecule is Cn1c(SCC(=O)c2ccc(Cl)cc2Cl)nnc1-c1cccs1. The summed E-state index contributed by atoms with van der Waals surface area (Å²) < 4.78 is 1.88. The molecule has 0 aliphatic rings. The maximum Gasteiger partial charge on any atom is 0.191 e. The Labute approximate surface area is 151 Å². The van der Waals surface area contributed by atoms with Gasteiger partial charge in [0.25, 0.3) is 0 Å². The van der Waals surface area contributed by atoms with Crippen LogP contribution in [0.4, 0.5) is 0 Å². The molecule has 3 rings (SSSR count). The second-order valence-electron chi connectivity index (χ2n) is 4.68. The number of ketones is 1. The molecule has 2 heterocycles. The molecule has 0 aliphatic heterocycles. The molecule has 4 nitrogen and oxygen atoms in total. The number of carbonyl (C=O) groups excluding carboxylic acids is 1. The van der Waals surface area contributed by atoms with Crippen LogP contribution in [-0.2, 0) is 7.05 Å². The lowest BCUT2D eigenvalue weighted by atomic mass is 10.1. The van der Waals surface area contributed by atoms with Gasteiger partial charge < -0.3 is 4.57 Å². The summed E-state index contributed by atoms with van der Waals surface area (Å²) in [5.74, 6) is 0.953. The summed E-state index contributed by atoms with van der Waals surface area (Å²) in [6.45, 7) is 0. The summed E-state index contributed by atoms with van der Waals surface area (Å²) in [7, 11) is 1.89. The topological polar surface area (TPSA) is 47.8 Å². The van der Waals surface area contributed by atoms with Crippen LogP contribution in [0.1, 0.15) is 10.4 Å². The average molecular weight is 384 g/mol. The number of carbonyl (C=O) groups is 1. The minimum Gasteiger partial charge on any atom is -0.304 e. The van der Waals surface area contributed by atoms with Gasteiger partial charge in [-0.15, -0.1) is 21.5 Å². The first-order valence-electron chi connectivity index (χ1n) is 6.60. The zero-order valence-corrected chi connectivity index (χ0v) is 15.1. The summed E-state index contributed by atoms with van der Waals surface area (Å²) in [6, 6.07) is 8.82. The van der Waals surface area contributed by atoms with Gasteiger partial charge in [0.05, 0.1) is 15.7 Å². The van der Waals surface area contributed by atoms with E-state index in [1.807, 2.05) is 29.1 Å². The molecule has 0 aliphatic carbocycles. The third-order valence-electron chi connectivity index (χ3n) is 3.14. The minimum absolute atomic E-state index is 0.0719. The van der Waals surface area contributed by atoms with Gasteiger partial charge in [-0.05, 0) is 29.6 Å². The number of thioether (sulfide) groups is 1. The van der Waals surface area contributed by atoms with E-state index in [4.69, 9.17) is 23.2 Å². The molecule has 0 amide bonds. The Balaban J connectivity index is 1.72. The predicted octanol–water partition coefficient (Wildman–Crippen LogP) is 4.83. The number of halogens is 2. The van der Waals surface area contributed by atoms with E-state index in [1.54, 1.807) is 29.5 Å². The van der Waals surface area contributed by atoms with E-state index < -0.39 is 0 Å². The van der Waals surface area contributed by atoms with E-state index in [1.165, 1.54) is 11.8 Å². The molecule has 0 unspecified atom stereocenters. The molecular weight excluding hydrogens is 373 g/mol. The molecule has 0 spiro atoms. The summed E-state index contributed by atoms with van der Waals surface area (Å²) in [5.41, 5.74) is 0.462. The largest absolute Gasteiger partial charge is 0.304 e. The summed E-state index contributed by atoms with van der Waals surface area (Å²) in [6.07, 6.45) is 0. The predicted molar refractivity (Wildman–Crippen MR) is 95.8 cm³/mol. The molecule has 0 fully saturated rings. The fraction of sp³-hybridized carbons (Fsp3) is 0.133. The van der Waals surface area contributed by atoms with Crippen molar-refractivity contribution >= 4 is 52.1 Å². The van der Waals surface area contributed by atoms with Gasteiger partial charge in [-0.25, -0.2) is 0 Å². The molecule has 3 aromatic rings. The number of nitrogens with zero attached hydrogens (tertiary/aromatic N) is 3. The van der Waals surface area contributed by atoms with Crippen molar-refractivity contribution in [2.45, 2.75) is 5.16 Å². The van der Waals surface area contributed by atoms with Gasteiger partial charge in [0.1, 0.15) is 0 Å². The molecule has 118 valence electrons. The fourth-order valence-corrected chi connectivity index (χ4v) is 4.04. The van der Waals surface area contributed by atoms with Crippen LogP contribution in [-0.4, -0.2) is 26.3 Å². The van der Waals surface area contributed by atoms with Gasteiger partial charge in [-0.2, -0.15) is 0 Å². The lowest BCUT2D eigenvalue weighted by Crippen LogP contribution is -2.04. The van der Waals surface area contributed by atoms with Crippen molar-refractivity contribution in [1.82, 2.24) is 14.8 Å². The van der Waals surface area contributed by atoms with Crippen LogP contribution >= 0.6 is 46.3 Å². The molecule has 0 radical (unpaired) electrons. The first-order chi connectivity index (χ1) is 11.1. The first kappa shape index (κ1) is 16.5. The Hall–Kier alpha value is -1.34. The van der Waals surface area contributed by atoms with Crippen LogP contribution in [0.3, 0.4) is 0 Å². The second kappa shape index (κ2) is 7.05. The van der Waals surface area contributed by atoms with Gasteiger partial charge >= 0.3 is 0 Å². The van der Waals surface area contributed by atoms with Gasteiger partial charge in [0, 0.05) is 17.6 Å². The van der Waals surface area contributed by atoms with Crippen molar-refractivity contribution in [2.75, 3.05) is 5.75 Å². The molecule has 8 heteroatoms. The molecule has 0 saturated heterocycles. The van der Waals surface area contributed by atoms with E-state index in [0.717, 1.165) is 10.7 Å². The van der Waals surface area contributed by atoms with Gasteiger partial charge in [-0.3, -0.25) is 4.79 Å². The average Bonchev–Trinajstić information content (AvgIpc) is 3.14. The van der Waals surface area contributed by atoms with Crippen LogP contribution < -0.4 is 0 Å². The molecule has 0 atom stereocenters. The Morgan fingerprint density at radius 3 is 2.83 bits per heavy atom. The number of aromatic nitrogens is 3. The van der Waals surface area contributed by atoms with Gasteiger partial charge in [-0.1, -0.05) is 41.0 Å². The van der Waals surface area contributed by atoms with Crippen molar-refractivity contribution in [2.24, 2.45) is 7.05 Å².